The molecule has 3 rings (SSSR count). The van der Waals surface area contributed by atoms with Crippen molar-refractivity contribution in [2.24, 2.45) is 5.73 Å². The molecule has 0 amide bonds. The van der Waals surface area contributed by atoms with Gasteiger partial charge in [0, 0.05) is 15.6 Å². The van der Waals surface area contributed by atoms with Gasteiger partial charge in [0.25, 0.3) is 0 Å². The van der Waals surface area contributed by atoms with E-state index in [1.165, 1.54) is 6.07 Å². The zero-order chi connectivity index (χ0) is 21.8. The monoisotopic (exact) mass is 444 g/mol. The Morgan fingerprint density at radius 3 is 2.50 bits per heavy atom. The molecule has 2 aromatic carbocycles. The Kier molecular flexibility index (Phi) is 6.56. The molecule has 2 aromatic rings. The number of nitriles is 1. The molecule has 2 N–H and O–H groups in total. The first-order chi connectivity index (χ1) is 14.4. The largest absolute Gasteiger partial charge is 0.497 e. The second kappa shape index (κ2) is 9.12. The van der Waals surface area contributed by atoms with Gasteiger partial charge in [0.1, 0.15) is 23.2 Å². The Bertz CT molecular complexity index is 1090. The molecule has 1 aliphatic heterocycles. The highest BCUT2D eigenvalue weighted by molar-refractivity contribution is 6.35. The van der Waals surface area contributed by atoms with Crippen LogP contribution in [0, 0.1) is 11.3 Å². The lowest BCUT2D eigenvalue weighted by Gasteiger charge is -2.28. The van der Waals surface area contributed by atoms with Crippen molar-refractivity contribution in [3.8, 4) is 11.8 Å². The molecule has 0 spiro atoms. The molecule has 0 aromatic heterocycles. The standard InChI is InChI=1S/C22H18Cl2N2O4/c1-3-29-22(27)19-18(15-9-6-13(23)10-17(15)24)16(11-25)21(26)30-20(19)12-4-7-14(28-2)8-5-12/h4-10,18H,3,26H2,1-2H3. The summed E-state index contributed by atoms with van der Waals surface area (Å²) in [6.07, 6.45) is 0. The Balaban J connectivity index is 2.29. The third-order valence-corrected chi connectivity index (χ3v) is 5.10. The van der Waals surface area contributed by atoms with Crippen LogP contribution in [-0.4, -0.2) is 19.7 Å². The lowest BCUT2D eigenvalue weighted by atomic mass is 9.82. The number of carbonyl (C=O) groups is 1. The Morgan fingerprint density at radius 1 is 1.23 bits per heavy atom. The van der Waals surface area contributed by atoms with Gasteiger partial charge in [-0.25, -0.2) is 4.79 Å². The topological polar surface area (TPSA) is 94.6 Å². The number of hydrogen-bond acceptors (Lipinski definition) is 6. The van der Waals surface area contributed by atoms with Crippen LogP contribution < -0.4 is 10.5 Å². The zero-order valence-corrected chi connectivity index (χ0v) is 17.8. The van der Waals surface area contributed by atoms with E-state index in [4.69, 9.17) is 43.1 Å². The van der Waals surface area contributed by atoms with Gasteiger partial charge in [-0.2, -0.15) is 5.26 Å². The summed E-state index contributed by atoms with van der Waals surface area (Å²) in [6, 6.07) is 13.7. The molecule has 0 radical (unpaired) electrons. The van der Waals surface area contributed by atoms with Gasteiger partial charge < -0.3 is 19.9 Å². The minimum Gasteiger partial charge on any atom is -0.497 e. The van der Waals surface area contributed by atoms with Crippen molar-refractivity contribution in [2.75, 3.05) is 13.7 Å². The molecule has 0 saturated heterocycles. The Morgan fingerprint density at radius 2 is 1.93 bits per heavy atom. The summed E-state index contributed by atoms with van der Waals surface area (Å²) >= 11 is 12.5. The third-order valence-electron chi connectivity index (χ3n) is 4.54. The highest BCUT2D eigenvalue weighted by atomic mass is 35.5. The maximum Gasteiger partial charge on any atom is 0.338 e. The number of methoxy groups -OCH3 is 1. The number of rotatable bonds is 5. The van der Waals surface area contributed by atoms with E-state index in [2.05, 4.69) is 0 Å². The predicted octanol–water partition coefficient (Wildman–Crippen LogP) is 4.78. The summed E-state index contributed by atoms with van der Waals surface area (Å²) in [5.74, 6) is -0.827. The van der Waals surface area contributed by atoms with Crippen LogP contribution >= 0.6 is 23.2 Å². The predicted molar refractivity (Wildman–Crippen MR) is 114 cm³/mol. The molecule has 154 valence electrons. The van der Waals surface area contributed by atoms with Crippen LogP contribution in [0.25, 0.3) is 5.76 Å². The van der Waals surface area contributed by atoms with Gasteiger partial charge in [-0.15, -0.1) is 0 Å². The highest BCUT2D eigenvalue weighted by Gasteiger charge is 2.39. The van der Waals surface area contributed by atoms with Crippen molar-refractivity contribution in [1.29, 1.82) is 5.26 Å². The number of nitrogens with two attached hydrogens (primary N) is 1. The summed E-state index contributed by atoms with van der Waals surface area (Å²) < 4.78 is 16.2. The summed E-state index contributed by atoms with van der Waals surface area (Å²) in [5, 5.41) is 10.5. The van der Waals surface area contributed by atoms with E-state index < -0.39 is 11.9 Å². The average molecular weight is 445 g/mol. The third kappa shape index (κ3) is 4.09. The van der Waals surface area contributed by atoms with Crippen LogP contribution in [0.5, 0.6) is 5.75 Å². The smallest absolute Gasteiger partial charge is 0.338 e. The Hall–Kier alpha value is -3.14. The molecule has 1 unspecified atom stereocenters. The van der Waals surface area contributed by atoms with Crippen molar-refractivity contribution in [2.45, 2.75) is 12.8 Å². The van der Waals surface area contributed by atoms with E-state index in [9.17, 15) is 10.1 Å². The molecular formula is C22H18Cl2N2O4. The highest BCUT2D eigenvalue weighted by Crippen LogP contribution is 2.45. The molecule has 1 aliphatic rings. The van der Waals surface area contributed by atoms with Crippen LogP contribution in [0.4, 0.5) is 0 Å². The number of halogens is 2. The molecule has 6 nitrogen and oxygen atoms in total. The van der Waals surface area contributed by atoms with Gasteiger partial charge in [0.2, 0.25) is 5.88 Å². The van der Waals surface area contributed by atoms with Gasteiger partial charge in [-0.3, -0.25) is 0 Å². The van der Waals surface area contributed by atoms with E-state index in [1.54, 1.807) is 50.4 Å². The molecule has 1 atom stereocenters. The second-order valence-corrected chi connectivity index (χ2v) is 7.13. The molecule has 0 saturated carbocycles. The summed E-state index contributed by atoms with van der Waals surface area (Å²) in [6.45, 7) is 1.83. The number of esters is 1. The van der Waals surface area contributed by atoms with Crippen molar-refractivity contribution in [3.05, 3.63) is 80.7 Å². The molecule has 1 heterocycles. The summed E-state index contributed by atoms with van der Waals surface area (Å²) in [5.41, 5.74) is 7.30. The van der Waals surface area contributed by atoms with E-state index in [-0.39, 0.29) is 34.4 Å². The van der Waals surface area contributed by atoms with E-state index >= 15 is 0 Å². The van der Waals surface area contributed by atoms with E-state index in [0.29, 0.717) is 21.9 Å². The lowest BCUT2D eigenvalue weighted by molar-refractivity contribution is -0.138. The molecule has 0 bridgehead atoms. The molecule has 0 fully saturated rings. The lowest BCUT2D eigenvalue weighted by Crippen LogP contribution is -2.26. The molecule has 0 aliphatic carbocycles. The zero-order valence-electron chi connectivity index (χ0n) is 16.2. The first-order valence-corrected chi connectivity index (χ1v) is 9.75. The summed E-state index contributed by atoms with van der Waals surface area (Å²) in [4.78, 5) is 13.0. The number of benzene rings is 2. The van der Waals surface area contributed by atoms with Gasteiger partial charge >= 0.3 is 5.97 Å². The SMILES string of the molecule is CCOC(=O)C1=C(c2ccc(OC)cc2)OC(N)=C(C#N)C1c1ccc(Cl)cc1Cl. The molecular weight excluding hydrogens is 427 g/mol. The van der Waals surface area contributed by atoms with Crippen LogP contribution in [0.15, 0.2) is 59.5 Å². The number of ether oxygens (including phenoxy) is 3. The maximum absolute atomic E-state index is 13.0. The van der Waals surface area contributed by atoms with Crippen LogP contribution in [0.2, 0.25) is 10.0 Å². The van der Waals surface area contributed by atoms with Crippen molar-refractivity contribution >= 4 is 34.9 Å². The fourth-order valence-electron chi connectivity index (χ4n) is 3.18. The maximum atomic E-state index is 13.0. The molecule has 30 heavy (non-hydrogen) atoms. The summed E-state index contributed by atoms with van der Waals surface area (Å²) in [7, 11) is 1.55. The van der Waals surface area contributed by atoms with Crippen molar-refractivity contribution in [3.63, 3.8) is 0 Å². The Labute approximate surface area is 184 Å². The first-order valence-electron chi connectivity index (χ1n) is 8.99. The normalized spacial score (nSPS) is 16.0. The number of carbonyl (C=O) groups excluding carboxylic acids is 1. The second-order valence-electron chi connectivity index (χ2n) is 6.28. The van der Waals surface area contributed by atoms with Crippen molar-refractivity contribution < 1.29 is 19.0 Å². The fraction of sp³-hybridized carbons (Fsp3) is 0.182. The first kappa shape index (κ1) is 21.6. The van der Waals surface area contributed by atoms with Crippen LogP contribution in [-0.2, 0) is 14.3 Å². The van der Waals surface area contributed by atoms with E-state index in [0.717, 1.165) is 0 Å². The van der Waals surface area contributed by atoms with Gasteiger partial charge in [-0.05, 0) is 48.9 Å². The number of nitrogens with zero attached hydrogens (tertiary/aromatic N) is 1. The number of allylic oxidation sites excluding steroid dienone is 1. The van der Waals surface area contributed by atoms with Crippen LogP contribution in [0.3, 0.4) is 0 Å². The van der Waals surface area contributed by atoms with Gasteiger partial charge in [0.05, 0.1) is 25.2 Å². The molecule has 8 heteroatoms. The van der Waals surface area contributed by atoms with E-state index in [1.807, 2.05) is 6.07 Å². The minimum atomic E-state index is -0.885. The van der Waals surface area contributed by atoms with Gasteiger partial charge in [-0.1, -0.05) is 29.3 Å². The quantitative estimate of drug-likeness (QED) is 0.666. The van der Waals surface area contributed by atoms with Gasteiger partial charge in [0.15, 0.2) is 0 Å². The van der Waals surface area contributed by atoms with Crippen LogP contribution in [0.1, 0.15) is 24.0 Å². The minimum absolute atomic E-state index is 0.0551. The van der Waals surface area contributed by atoms with Crippen molar-refractivity contribution in [1.82, 2.24) is 0 Å². The fourth-order valence-corrected chi connectivity index (χ4v) is 3.70. The number of hydrogen-bond donors (Lipinski definition) is 1. The average Bonchev–Trinajstić information content (AvgIpc) is 2.73.